The van der Waals surface area contributed by atoms with E-state index in [1.54, 1.807) is 0 Å². The normalized spacial score (nSPS) is 18.0. The summed E-state index contributed by atoms with van der Waals surface area (Å²) in [6.45, 7) is 5.32. The monoisotopic (exact) mass is 138 g/mol. The third-order valence-electron chi connectivity index (χ3n) is 1.60. The molecule has 0 amide bonds. The standard InChI is InChI=1S/C8H14N2/c1-7(2)8-9-5-4-6-10(8)3/h4-5,7H,6H2,1-3H3. The van der Waals surface area contributed by atoms with Crippen LogP contribution < -0.4 is 0 Å². The third-order valence-corrected chi connectivity index (χ3v) is 1.60. The summed E-state index contributed by atoms with van der Waals surface area (Å²) in [6.07, 6.45) is 3.95. The first kappa shape index (κ1) is 7.32. The molecule has 1 aliphatic rings. The average molecular weight is 138 g/mol. The largest absolute Gasteiger partial charge is 0.359 e. The number of hydrogen-bond donors (Lipinski definition) is 0. The molecule has 0 N–H and O–H groups in total. The Kier molecular flexibility index (Phi) is 2.10. The van der Waals surface area contributed by atoms with Crippen LogP contribution in [0.2, 0.25) is 0 Å². The summed E-state index contributed by atoms with van der Waals surface area (Å²) < 4.78 is 0. The van der Waals surface area contributed by atoms with Crippen molar-refractivity contribution in [1.29, 1.82) is 0 Å². The maximum Gasteiger partial charge on any atom is 0.107 e. The molecule has 0 atom stereocenters. The predicted octanol–water partition coefficient (Wildman–Crippen LogP) is 1.50. The van der Waals surface area contributed by atoms with Crippen LogP contribution in [0.1, 0.15) is 13.8 Å². The summed E-state index contributed by atoms with van der Waals surface area (Å²) in [6, 6.07) is 0. The van der Waals surface area contributed by atoms with Gasteiger partial charge in [-0.15, -0.1) is 0 Å². The highest BCUT2D eigenvalue weighted by atomic mass is 15.2. The number of rotatable bonds is 1. The molecule has 0 aromatic heterocycles. The predicted molar refractivity (Wildman–Crippen MR) is 44.0 cm³/mol. The van der Waals surface area contributed by atoms with Gasteiger partial charge < -0.3 is 4.90 Å². The molecule has 56 valence electrons. The second-order valence-corrected chi connectivity index (χ2v) is 2.91. The molecule has 2 nitrogen and oxygen atoms in total. The Labute approximate surface area is 62.3 Å². The number of amidine groups is 1. The minimum Gasteiger partial charge on any atom is -0.359 e. The highest BCUT2D eigenvalue weighted by Gasteiger charge is 2.10. The highest BCUT2D eigenvalue weighted by molar-refractivity contribution is 5.85. The molecule has 2 heteroatoms. The molecule has 0 radical (unpaired) electrons. The van der Waals surface area contributed by atoms with Crippen molar-refractivity contribution in [2.45, 2.75) is 13.8 Å². The molecule has 10 heavy (non-hydrogen) atoms. The van der Waals surface area contributed by atoms with Crippen LogP contribution in [0.4, 0.5) is 0 Å². The van der Waals surface area contributed by atoms with Crippen LogP contribution in [-0.2, 0) is 0 Å². The quantitative estimate of drug-likeness (QED) is 0.536. The minimum atomic E-state index is 0.537. The topological polar surface area (TPSA) is 15.6 Å². The zero-order chi connectivity index (χ0) is 7.56. The molecular formula is C8H14N2. The molecule has 0 aromatic carbocycles. The summed E-state index contributed by atoms with van der Waals surface area (Å²) in [5.41, 5.74) is 0. The first-order valence-corrected chi connectivity index (χ1v) is 3.65. The number of aliphatic imine (C=N–C) groups is 1. The fraction of sp³-hybridized carbons (Fsp3) is 0.625. The van der Waals surface area contributed by atoms with Crippen molar-refractivity contribution in [3.63, 3.8) is 0 Å². The maximum atomic E-state index is 4.27. The lowest BCUT2D eigenvalue weighted by molar-refractivity contribution is 0.520. The Morgan fingerprint density at radius 2 is 2.30 bits per heavy atom. The average Bonchev–Trinajstić information content (AvgIpc) is 1.88. The summed E-state index contributed by atoms with van der Waals surface area (Å²) >= 11 is 0. The van der Waals surface area contributed by atoms with Crippen LogP contribution in [0.25, 0.3) is 0 Å². The Hall–Kier alpha value is -0.790. The van der Waals surface area contributed by atoms with Crippen molar-refractivity contribution in [1.82, 2.24) is 4.90 Å². The fourth-order valence-corrected chi connectivity index (χ4v) is 1.12. The van der Waals surface area contributed by atoms with E-state index < -0.39 is 0 Å². The molecule has 0 spiro atoms. The first-order valence-electron chi connectivity index (χ1n) is 3.65. The number of likely N-dealkylation sites (N-methyl/N-ethyl adjacent to an activating group) is 1. The van der Waals surface area contributed by atoms with Gasteiger partial charge in [-0.1, -0.05) is 13.8 Å². The van der Waals surface area contributed by atoms with Crippen molar-refractivity contribution in [3.8, 4) is 0 Å². The van der Waals surface area contributed by atoms with Crippen molar-refractivity contribution in [2.24, 2.45) is 10.9 Å². The maximum absolute atomic E-state index is 4.27. The highest BCUT2D eigenvalue weighted by Crippen LogP contribution is 2.05. The van der Waals surface area contributed by atoms with Crippen molar-refractivity contribution in [2.75, 3.05) is 13.6 Å². The van der Waals surface area contributed by atoms with E-state index in [2.05, 4.69) is 36.9 Å². The smallest absolute Gasteiger partial charge is 0.107 e. The van der Waals surface area contributed by atoms with Gasteiger partial charge in [-0.05, 0) is 6.08 Å². The van der Waals surface area contributed by atoms with E-state index in [0.717, 1.165) is 6.54 Å². The van der Waals surface area contributed by atoms with Gasteiger partial charge in [0.2, 0.25) is 0 Å². The molecule has 0 saturated carbocycles. The Bertz CT molecular complexity index is 168. The zero-order valence-corrected chi connectivity index (χ0v) is 6.83. The van der Waals surface area contributed by atoms with Gasteiger partial charge in [-0.25, -0.2) is 4.99 Å². The van der Waals surface area contributed by atoms with E-state index in [1.165, 1.54) is 5.84 Å². The molecule has 0 aliphatic carbocycles. The van der Waals surface area contributed by atoms with Crippen LogP contribution >= 0.6 is 0 Å². The second-order valence-electron chi connectivity index (χ2n) is 2.91. The lowest BCUT2D eigenvalue weighted by atomic mass is 10.2. The van der Waals surface area contributed by atoms with Gasteiger partial charge >= 0.3 is 0 Å². The molecule has 1 heterocycles. The van der Waals surface area contributed by atoms with Crippen molar-refractivity contribution >= 4 is 5.84 Å². The van der Waals surface area contributed by atoms with E-state index in [4.69, 9.17) is 0 Å². The van der Waals surface area contributed by atoms with Crippen molar-refractivity contribution in [3.05, 3.63) is 12.3 Å². The van der Waals surface area contributed by atoms with Gasteiger partial charge in [0.25, 0.3) is 0 Å². The molecule has 0 saturated heterocycles. The molecule has 0 bridgehead atoms. The summed E-state index contributed by atoms with van der Waals surface area (Å²) in [5.74, 6) is 1.72. The van der Waals surface area contributed by atoms with Gasteiger partial charge in [-0.2, -0.15) is 0 Å². The minimum absolute atomic E-state index is 0.537. The van der Waals surface area contributed by atoms with E-state index in [0.29, 0.717) is 5.92 Å². The second kappa shape index (κ2) is 2.86. The molecule has 1 aliphatic heterocycles. The van der Waals surface area contributed by atoms with Crippen LogP contribution in [0.15, 0.2) is 17.3 Å². The molecule has 0 unspecified atom stereocenters. The van der Waals surface area contributed by atoms with E-state index in [9.17, 15) is 0 Å². The lowest BCUT2D eigenvalue weighted by Crippen LogP contribution is -2.32. The molecular weight excluding hydrogens is 124 g/mol. The van der Waals surface area contributed by atoms with Crippen LogP contribution in [0, 0.1) is 5.92 Å². The summed E-state index contributed by atoms with van der Waals surface area (Å²) in [4.78, 5) is 6.44. The lowest BCUT2D eigenvalue weighted by Gasteiger charge is -2.24. The zero-order valence-electron chi connectivity index (χ0n) is 6.83. The fourth-order valence-electron chi connectivity index (χ4n) is 1.12. The van der Waals surface area contributed by atoms with Crippen LogP contribution in [0.5, 0.6) is 0 Å². The van der Waals surface area contributed by atoms with Gasteiger partial charge in [0.05, 0.1) is 0 Å². The SMILES string of the molecule is CC(C)C1=NC=CCN1C. The van der Waals surface area contributed by atoms with E-state index >= 15 is 0 Å². The Morgan fingerprint density at radius 1 is 1.60 bits per heavy atom. The Morgan fingerprint density at radius 3 is 2.70 bits per heavy atom. The molecule has 1 rings (SSSR count). The summed E-state index contributed by atoms with van der Waals surface area (Å²) in [7, 11) is 2.07. The summed E-state index contributed by atoms with van der Waals surface area (Å²) in [5, 5.41) is 0. The first-order chi connectivity index (χ1) is 4.72. The third kappa shape index (κ3) is 1.38. The molecule has 0 aromatic rings. The Balaban J connectivity index is 2.70. The van der Waals surface area contributed by atoms with Gasteiger partial charge in [0.15, 0.2) is 0 Å². The van der Waals surface area contributed by atoms with Gasteiger partial charge in [-0.3, -0.25) is 0 Å². The van der Waals surface area contributed by atoms with Gasteiger partial charge in [0.1, 0.15) is 5.84 Å². The number of hydrogen-bond acceptors (Lipinski definition) is 2. The van der Waals surface area contributed by atoms with E-state index in [-0.39, 0.29) is 0 Å². The van der Waals surface area contributed by atoms with E-state index in [1.807, 2.05) is 6.20 Å². The van der Waals surface area contributed by atoms with Gasteiger partial charge in [0, 0.05) is 25.7 Å². The number of nitrogens with zero attached hydrogens (tertiary/aromatic N) is 2. The molecule has 0 fully saturated rings. The van der Waals surface area contributed by atoms with Crippen LogP contribution in [0.3, 0.4) is 0 Å². The van der Waals surface area contributed by atoms with Crippen molar-refractivity contribution < 1.29 is 0 Å². The van der Waals surface area contributed by atoms with Crippen LogP contribution in [-0.4, -0.2) is 24.3 Å².